The molecule has 3 aromatic rings. The summed E-state index contributed by atoms with van der Waals surface area (Å²) in [6.45, 7) is 2.60. The maximum Gasteiger partial charge on any atom is 0.226 e. The molecule has 8 nitrogen and oxygen atoms in total. The second-order valence-electron chi connectivity index (χ2n) is 7.86. The number of nitrogens with one attached hydrogen (secondary N) is 1. The summed E-state index contributed by atoms with van der Waals surface area (Å²) in [6.07, 6.45) is 1.60. The predicted octanol–water partition coefficient (Wildman–Crippen LogP) is 2.27. The van der Waals surface area contributed by atoms with E-state index >= 15 is 0 Å². The maximum absolute atomic E-state index is 12.3. The molecule has 2 amide bonds. The van der Waals surface area contributed by atoms with Crippen LogP contribution in [0.2, 0.25) is 0 Å². The topological polar surface area (TPSA) is 106 Å². The van der Waals surface area contributed by atoms with Gasteiger partial charge in [-0.15, -0.1) is 11.3 Å². The molecule has 0 spiro atoms. The Hall–Kier alpha value is -2.82. The molecule has 10 heteroatoms. The highest BCUT2D eigenvalue weighted by Crippen LogP contribution is 2.29. The lowest BCUT2D eigenvalue weighted by molar-refractivity contribution is -0.135. The lowest BCUT2D eigenvalue weighted by Gasteiger charge is -2.26. The minimum atomic E-state index is -3.29. The molecule has 1 aliphatic heterocycles. The Morgan fingerprint density at radius 1 is 1.12 bits per heavy atom. The van der Waals surface area contributed by atoms with Crippen LogP contribution < -0.4 is 5.32 Å². The number of hydrogen-bond acceptors (Lipinski definition) is 7. The first-order valence-electron chi connectivity index (χ1n) is 10.6. The highest BCUT2D eigenvalue weighted by atomic mass is 32.2. The van der Waals surface area contributed by atoms with Crippen LogP contribution in [0.4, 0.5) is 0 Å². The molecule has 0 atom stereocenters. The van der Waals surface area contributed by atoms with Crippen LogP contribution in [0.25, 0.3) is 21.3 Å². The highest BCUT2D eigenvalue weighted by molar-refractivity contribution is 7.90. The maximum atomic E-state index is 12.3. The zero-order chi connectivity index (χ0) is 23.4. The first kappa shape index (κ1) is 23.3. The Kier molecular flexibility index (Phi) is 7.06. The van der Waals surface area contributed by atoms with Gasteiger partial charge in [0.15, 0.2) is 9.84 Å². The van der Waals surface area contributed by atoms with Gasteiger partial charge in [-0.1, -0.05) is 18.2 Å². The number of carbonyl (C=O) groups excluding carboxylic acids is 2. The largest absolute Gasteiger partial charge is 0.378 e. The Bertz CT molecular complexity index is 1280. The number of ether oxygens (including phenoxy) is 1. The molecule has 0 unspecified atom stereocenters. The zero-order valence-corrected chi connectivity index (χ0v) is 19.9. The number of rotatable bonds is 7. The van der Waals surface area contributed by atoms with E-state index in [-0.39, 0.29) is 29.6 Å². The van der Waals surface area contributed by atoms with Gasteiger partial charge >= 0.3 is 0 Å². The van der Waals surface area contributed by atoms with Crippen molar-refractivity contribution in [2.75, 3.05) is 39.1 Å². The van der Waals surface area contributed by atoms with E-state index in [0.717, 1.165) is 21.3 Å². The average molecular weight is 488 g/mol. The third-order valence-electron chi connectivity index (χ3n) is 5.36. The van der Waals surface area contributed by atoms with Gasteiger partial charge in [-0.3, -0.25) is 9.59 Å². The summed E-state index contributed by atoms with van der Waals surface area (Å²) in [5.41, 5.74) is 2.47. The van der Waals surface area contributed by atoms with E-state index < -0.39 is 9.84 Å². The molecule has 33 heavy (non-hydrogen) atoms. The third kappa shape index (κ3) is 5.95. The summed E-state index contributed by atoms with van der Waals surface area (Å²) in [5, 5.41) is 3.48. The van der Waals surface area contributed by atoms with Gasteiger partial charge in [-0.25, -0.2) is 13.4 Å². The molecule has 0 aliphatic carbocycles. The van der Waals surface area contributed by atoms with Gasteiger partial charge in [0.05, 0.1) is 34.7 Å². The van der Waals surface area contributed by atoms with Gasteiger partial charge in [0.2, 0.25) is 11.8 Å². The van der Waals surface area contributed by atoms with Gasteiger partial charge in [-0.2, -0.15) is 0 Å². The fourth-order valence-corrected chi connectivity index (χ4v) is 5.29. The summed E-state index contributed by atoms with van der Waals surface area (Å²) in [4.78, 5) is 31.0. The van der Waals surface area contributed by atoms with Crippen LogP contribution in [0.5, 0.6) is 0 Å². The van der Waals surface area contributed by atoms with Crippen molar-refractivity contribution in [3.8, 4) is 11.1 Å². The number of amides is 2. The minimum absolute atomic E-state index is 0.0195. The first-order chi connectivity index (χ1) is 15.8. The quantitative estimate of drug-likeness (QED) is 0.548. The summed E-state index contributed by atoms with van der Waals surface area (Å²) in [6, 6.07) is 12.5. The van der Waals surface area contributed by atoms with E-state index in [4.69, 9.17) is 4.74 Å². The summed E-state index contributed by atoms with van der Waals surface area (Å²) in [7, 11) is -3.29. The van der Waals surface area contributed by atoms with Crippen molar-refractivity contribution in [3.05, 3.63) is 47.5 Å². The fraction of sp³-hybridized carbons (Fsp3) is 0.348. The van der Waals surface area contributed by atoms with E-state index in [1.54, 1.807) is 23.1 Å². The summed E-state index contributed by atoms with van der Waals surface area (Å²) >= 11 is 1.43. The second-order valence-corrected chi connectivity index (χ2v) is 11.0. The average Bonchev–Trinajstić information content (AvgIpc) is 3.20. The van der Waals surface area contributed by atoms with Crippen LogP contribution in [0, 0.1) is 0 Å². The molecule has 1 N–H and O–H groups in total. The van der Waals surface area contributed by atoms with Crippen LogP contribution >= 0.6 is 11.3 Å². The molecule has 0 bridgehead atoms. The molecule has 1 saturated heterocycles. The van der Waals surface area contributed by atoms with Crippen molar-refractivity contribution in [2.45, 2.75) is 17.7 Å². The van der Waals surface area contributed by atoms with E-state index in [1.807, 2.05) is 24.3 Å². The van der Waals surface area contributed by atoms with Crippen molar-refractivity contribution in [3.63, 3.8) is 0 Å². The van der Waals surface area contributed by atoms with Crippen LogP contribution in [-0.4, -0.2) is 69.2 Å². The first-order valence-corrected chi connectivity index (χ1v) is 13.3. The Morgan fingerprint density at radius 2 is 1.88 bits per heavy atom. The number of aromatic nitrogens is 1. The molecule has 4 rings (SSSR count). The molecule has 2 heterocycles. The molecular formula is C23H25N3O5S2. The number of nitrogens with zero attached hydrogens (tertiary/aromatic N) is 2. The fourth-order valence-electron chi connectivity index (χ4n) is 3.61. The van der Waals surface area contributed by atoms with Crippen LogP contribution in [-0.2, 0) is 30.6 Å². The van der Waals surface area contributed by atoms with Crippen molar-refractivity contribution in [1.29, 1.82) is 0 Å². The number of hydrogen-bond donors (Lipinski definition) is 1. The van der Waals surface area contributed by atoms with E-state index in [1.165, 1.54) is 17.6 Å². The number of thiazole rings is 1. The van der Waals surface area contributed by atoms with Gasteiger partial charge in [0.1, 0.15) is 5.01 Å². The number of fused-ring (bicyclic) bond motifs is 1. The molecule has 1 aliphatic rings. The molecule has 0 radical (unpaired) electrons. The molecular weight excluding hydrogens is 462 g/mol. The molecule has 174 valence electrons. The Balaban J connectivity index is 1.37. The predicted molar refractivity (Wildman–Crippen MR) is 127 cm³/mol. The van der Waals surface area contributed by atoms with Crippen molar-refractivity contribution in [2.24, 2.45) is 0 Å². The van der Waals surface area contributed by atoms with Gasteiger partial charge in [0, 0.05) is 32.3 Å². The van der Waals surface area contributed by atoms with Crippen LogP contribution in [0.1, 0.15) is 11.4 Å². The number of carbonyl (C=O) groups is 2. The van der Waals surface area contributed by atoms with Crippen LogP contribution in [0.3, 0.4) is 0 Å². The summed E-state index contributed by atoms with van der Waals surface area (Å²) in [5.74, 6) is -0.157. The van der Waals surface area contributed by atoms with E-state index in [9.17, 15) is 18.0 Å². The standard InChI is InChI=1S/C23H25N3O5S2/c1-33(29,30)18-4-2-3-16(13-18)17-5-6-19-20(14-17)32-22(25-19)15-21(27)24-8-7-23(28)26-9-11-31-12-10-26/h2-6,13-14H,7-12,15H2,1H3,(H,24,27). The normalized spacial score (nSPS) is 14.4. The highest BCUT2D eigenvalue weighted by Gasteiger charge is 2.17. The zero-order valence-electron chi connectivity index (χ0n) is 18.2. The van der Waals surface area contributed by atoms with Crippen molar-refractivity contribution in [1.82, 2.24) is 15.2 Å². The molecule has 0 saturated carbocycles. The minimum Gasteiger partial charge on any atom is -0.378 e. The van der Waals surface area contributed by atoms with Gasteiger partial charge < -0.3 is 15.0 Å². The van der Waals surface area contributed by atoms with Crippen LogP contribution in [0.15, 0.2) is 47.4 Å². The van der Waals surface area contributed by atoms with E-state index in [2.05, 4.69) is 10.3 Å². The Labute approximate surface area is 196 Å². The Morgan fingerprint density at radius 3 is 2.64 bits per heavy atom. The number of benzene rings is 2. The SMILES string of the molecule is CS(=O)(=O)c1cccc(-c2ccc3nc(CC(=O)NCCC(=O)N4CCOCC4)sc3c2)c1. The van der Waals surface area contributed by atoms with E-state index in [0.29, 0.717) is 37.9 Å². The lowest BCUT2D eigenvalue weighted by Crippen LogP contribution is -2.42. The van der Waals surface area contributed by atoms with Gasteiger partial charge in [-0.05, 0) is 35.4 Å². The monoisotopic (exact) mass is 487 g/mol. The van der Waals surface area contributed by atoms with Gasteiger partial charge in [0.25, 0.3) is 0 Å². The second kappa shape index (κ2) is 9.98. The third-order valence-corrected chi connectivity index (χ3v) is 7.49. The number of sulfone groups is 1. The number of morpholine rings is 1. The smallest absolute Gasteiger partial charge is 0.226 e. The molecule has 1 aromatic heterocycles. The lowest BCUT2D eigenvalue weighted by atomic mass is 10.1. The molecule has 2 aromatic carbocycles. The van der Waals surface area contributed by atoms with Crippen molar-refractivity contribution < 1.29 is 22.7 Å². The van der Waals surface area contributed by atoms with Crippen molar-refractivity contribution >= 4 is 43.2 Å². The summed E-state index contributed by atoms with van der Waals surface area (Å²) < 4.78 is 29.9. The molecule has 1 fully saturated rings.